The fourth-order valence-electron chi connectivity index (χ4n) is 11.0. The highest BCUT2D eigenvalue weighted by atomic mass is 16.5. The molecule has 6 heterocycles. The van der Waals surface area contributed by atoms with E-state index < -0.39 is 0 Å². The van der Waals surface area contributed by atoms with Gasteiger partial charge in [-0.15, -0.1) is 40.9 Å². The first-order valence-electron chi connectivity index (χ1n) is 24.2. The van der Waals surface area contributed by atoms with Crippen LogP contribution in [0.1, 0.15) is 99.9 Å². The van der Waals surface area contributed by atoms with Gasteiger partial charge in [0.05, 0.1) is 0 Å². The Hall–Kier alpha value is -8.64. The summed E-state index contributed by atoms with van der Waals surface area (Å²) in [6, 6.07) is 48.1. The van der Waals surface area contributed by atoms with Gasteiger partial charge in [-0.1, -0.05) is 152 Å². The molecule has 8 bridgehead atoms. The maximum Gasteiger partial charge on any atom is 0.159 e. The van der Waals surface area contributed by atoms with Gasteiger partial charge in [0.25, 0.3) is 0 Å². The first kappa shape index (κ1) is 43.4. The summed E-state index contributed by atoms with van der Waals surface area (Å²) in [5.41, 5.74) is 12.4. The van der Waals surface area contributed by atoms with Gasteiger partial charge in [-0.3, -0.25) is 0 Å². The number of rotatable bonds is 0. The molecule has 0 amide bonds. The van der Waals surface area contributed by atoms with Crippen LogP contribution in [0, 0.1) is 0 Å². The van der Waals surface area contributed by atoms with Crippen molar-refractivity contribution in [2.75, 3.05) is 0 Å². The van der Waals surface area contributed by atoms with Crippen LogP contribution >= 0.6 is 0 Å². The molecule has 0 aliphatic carbocycles. The van der Waals surface area contributed by atoms with E-state index in [4.69, 9.17) is 18.9 Å². The molecule has 0 atom stereocenters. The SMILES string of the molecule is CC1(C)c2cccc3c2Oc2c(cccc21)N=Nc1cccc2c1Oc1c(cccc1C2(C)C)N=N3.CC1(C)c2cccc3c2Oc2c(cccc21)N=Nc1cccc2c1Oc1c(cccc1C2(C)C)N=N3. The van der Waals surface area contributed by atoms with Gasteiger partial charge in [-0.25, -0.2) is 0 Å². The molecule has 6 aliphatic heterocycles. The maximum absolute atomic E-state index is 6.53. The zero-order valence-electron chi connectivity index (χ0n) is 41.1. The smallest absolute Gasteiger partial charge is 0.159 e. The van der Waals surface area contributed by atoms with Crippen molar-refractivity contribution >= 4 is 45.5 Å². The van der Waals surface area contributed by atoms with Crippen molar-refractivity contribution in [1.29, 1.82) is 0 Å². The van der Waals surface area contributed by atoms with E-state index in [1.165, 1.54) is 0 Å². The molecule has 0 saturated carbocycles. The molecule has 352 valence electrons. The van der Waals surface area contributed by atoms with E-state index in [1.54, 1.807) is 0 Å². The van der Waals surface area contributed by atoms with Crippen LogP contribution in [0.25, 0.3) is 0 Å². The molecule has 0 N–H and O–H groups in total. The third-order valence-electron chi connectivity index (χ3n) is 15.2. The standard InChI is InChI=1S/2C30H24N4O2/c2*1-29(2)17-9-5-13-21-25(17)35-26-18(29)10-6-14-22(26)32-34-24-16-8-12-20-28(24)36-27-19(30(20,3)4)11-7-15-23(27)33-31-21/h2*5-16H,1-4H3. The molecule has 0 saturated heterocycles. The van der Waals surface area contributed by atoms with Gasteiger partial charge in [-0.2, -0.15) is 0 Å². The molecule has 12 heteroatoms. The average molecular weight is 945 g/mol. The summed E-state index contributed by atoms with van der Waals surface area (Å²) >= 11 is 0. The van der Waals surface area contributed by atoms with Gasteiger partial charge in [0.15, 0.2) is 46.0 Å². The Kier molecular flexibility index (Phi) is 9.30. The normalized spacial score (nSPS) is 17.0. The van der Waals surface area contributed by atoms with Crippen LogP contribution in [0.4, 0.5) is 45.5 Å². The predicted octanol–water partition coefficient (Wildman–Crippen LogP) is 19.4. The number of hydrogen-bond donors (Lipinski definition) is 0. The zero-order chi connectivity index (χ0) is 49.3. The largest absolute Gasteiger partial charge is 0.452 e. The fraction of sp³-hybridized carbons (Fsp3) is 0.200. The van der Waals surface area contributed by atoms with Gasteiger partial charge in [0.2, 0.25) is 0 Å². The highest BCUT2D eigenvalue weighted by Gasteiger charge is 2.41. The minimum atomic E-state index is -0.314. The summed E-state index contributed by atoms with van der Waals surface area (Å²) in [7, 11) is 0. The topological polar surface area (TPSA) is 136 Å². The Morgan fingerprint density at radius 3 is 0.458 bits per heavy atom. The van der Waals surface area contributed by atoms with E-state index in [2.05, 4.69) is 145 Å². The van der Waals surface area contributed by atoms with Crippen LogP contribution in [0.3, 0.4) is 0 Å². The number of benzene rings is 8. The Bertz CT molecular complexity index is 3070. The third kappa shape index (κ3) is 6.37. The second kappa shape index (κ2) is 15.4. The van der Waals surface area contributed by atoms with Crippen molar-refractivity contribution in [3.8, 4) is 46.0 Å². The number of hydrogen-bond acceptors (Lipinski definition) is 12. The fourth-order valence-corrected chi connectivity index (χ4v) is 11.0. The van der Waals surface area contributed by atoms with Gasteiger partial charge >= 0.3 is 0 Å². The van der Waals surface area contributed by atoms with Crippen LogP contribution in [0.2, 0.25) is 0 Å². The highest BCUT2D eigenvalue weighted by molar-refractivity contribution is 5.76. The Morgan fingerprint density at radius 1 is 0.208 bits per heavy atom. The van der Waals surface area contributed by atoms with Gasteiger partial charge in [0, 0.05) is 66.2 Å². The lowest BCUT2D eigenvalue weighted by atomic mass is 9.75. The number of para-hydroxylation sites is 8. The lowest BCUT2D eigenvalue weighted by Gasteiger charge is -2.35. The first-order valence-corrected chi connectivity index (χ1v) is 24.2. The molecule has 0 radical (unpaired) electrons. The van der Waals surface area contributed by atoms with Crippen LogP contribution < -0.4 is 18.9 Å². The molecule has 0 spiro atoms. The molecule has 0 aromatic heterocycles. The van der Waals surface area contributed by atoms with Gasteiger partial charge in [-0.05, 0) is 48.5 Å². The molecular weight excluding hydrogens is 897 g/mol. The summed E-state index contributed by atoms with van der Waals surface area (Å²) in [4.78, 5) is 0. The molecule has 6 aliphatic rings. The third-order valence-corrected chi connectivity index (χ3v) is 15.2. The van der Waals surface area contributed by atoms with Crippen LogP contribution in [0.5, 0.6) is 46.0 Å². The predicted molar refractivity (Wildman–Crippen MR) is 277 cm³/mol. The zero-order valence-corrected chi connectivity index (χ0v) is 41.1. The van der Waals surface area contributed by atoms with Crippen molar-refractivity contribution in [2.24, 2.45) is 40.9 Å². The van der Waals surface area contributed by atoms with Gasteiger partial charge < -0.3 is 18.9 Å². The minimum absolute atomic E-state index is 0.314. The van der Waals surface area contributed by atoms with Crippen molar-refractivity contribution in [2.45, 2.75) is 77.0 Å². The van der Waals surface area contributed by atoms with Crippen LogP contribution in [0.15, 0.2) is 187 Å². The van der Waals surface area contributed by atoms with E-state index in [1.807, 2.05) is 97.1 Å². The summed E-state index contributed by atoms with van der Waals surface area (Å²) in [6.07, 6.45) is 0. The van der Waals surface area contributed by atoms with Crippen LogP contribution in [-0.4, -0.2) is 0 Å². The Balaban J connectivity index is 0.000000140. The lowest BCUT2D eigenvalue weighted by Crippen LogP contribution is -2.24. The maximum atomic E-state index is 6.53. The van der Waals surface area contributed by atoms with E-state index in [0.717, 1.165) is 44.5 Å². The molecule has 0 fully saturated rings. The second-order valence-electron chi connectivity index (χ2n) is 20.9. The summed E-state index contributed by atoms with van der Waals surface area (Å²) in [5, 5.41) is 37.4. The summed E-state index contributed by atoms with van der Waals surface area (Å²) in [6.45, 7) is 17.5. The molecule has 72 heavy (non-hydrogen) atoms. The summed E-state index contributed by atoms with van der Waals surface area (Å²) in [5.74, 6) is 5.50. The lowest BCUT2D eigenvalue weighted by molar-refractivity contribution is 0.417. The van der Waals surface area contributed by atoms with E-state index in [9.17, 15) is 0 Å². The van der Waals surface area contributed by atoms with E-state index in [-0.39, 0.29) is 21.7 Å². The highest BCUT2D eigenvalue weighted by Crippen LogP contribution is 2.60. The van der Waals surface area contributed by atoms with Crippen molar-refractivity contribution in [3.05, 3.63) is 190 Å². The molecule has 12 nitrogen and oxygen atoms in total. The van der Waals surface area contributed by atoms with Crippen molar-refractivity contribution < 1.29 is 18.9 Å². The number of ether oxygens (including phenoxy) is 4. The molecule has 14 rings (SSSR count). The van der Waals surface area contributed by atoms with Gasteiger partial charge in [0.1, 0.15) is 45.5 Å². The molecule has 0 unspecified atom stereocenters. The number of azo groups is 4. The van der Waals surface area contributed by atoms with Crippen molar-refractivity contribution in [1.82, 2.24) is 0 Å². The summed E-state index contributed by atoms with van der Waals surface area (Å²) < 4.78 is 26.1. The van der Waals surface area contributed by atoms with E-state index >= 15 is 0 Å². The number of nitrogens with zero attached hydrogens (tertiary/aromatic N) is 8. The van der Waals surface area contributed by atoms with Crippen LogP contribution in [-0.2, 0) is 21.7 Å². The monoisotopic (exact) mass is 944 g/mol. The quantitative estimate of drug-likeness (QED) is 0.149. The molecular formula is C60H48N8O4. The molecule has 8 aromatic rings. The minimum Gasteiger partial charge on any atom is -0.452 e. The Morgan fingerprint density at radius 2 is 0.333 bits per heavy atom. The Labute approximate surface area is 416 Å². The molecule has 8 aromatic carbocycles. The first-order chi connectivity index (χ1) is 34.7. The van der Waals surface area contributed by atoms with E-state index in [0.29, 0.717) is 91.5 Å². The average Bonchev–Trinajstić information content (AvgIpc) is 3.37. The second-order valence-corrected chi connectivity index (χ2v) is 20.9. The van der Waals surface area contributed by atoms with Crippen molar-refractivity contribution in [3.63, 3.8) is 0 Å².